The van der Waals surface area contributed by atoms with Gasteiger partial charge in [-0.25, -0.2) is 9.97 Å². The number of carbonyl (C=O) groups is 1. The Morgan fingerprint density at radius 1 is 1.38 bits per heavy atom. The van der Waals surface area contributed by atoms with Crippen molar-refractivity contribution < 1.29 is 4.79 Å². The van der Waals surface area contributed by atoms with E-state index in [0.29, 0.717) is 12.2 Å². The van der Waals surface area contributed by atoms with Crippen LogP contribution < -0.4 is 5.32 Å². The van der Waals surface area contributed by atoms with E-state index in [-0.39, 0.29) is 5.91 Å². The smallest absolute Gasteiger partial charge is 0.269 e. The van der Waals surface area contributed by atoms with Gasteiger partial charge in [-0.15, -0.1) is 0 Å². The minimum absolute atomic E-state index is 0.127. The molecule has 0 spiro atoms. The van der Waals surface area contributed by atoms with Crippen molar-refractivity contribution >= 4 is 16.9 Å². The maximum absolute atomic E-state index is 11.7. The van der Waals surface area contributed by atoms with Crippen LogP contribution >= 0.6 is 0 Å². The minimum atomic E-state index is -0.127. The van der Waals surface area contributed by atoms with E-state index in [1.807, 2.05) is 25.2 Å². The van der Waals surface area contributed by atoms with Gasteiger partial charge in [-0.1, -0.05) is 12.1 Å². The molecule has 2 N–H and O–H groups in total. The molecule has 2 aromatic heterocycles. The van der Waals surface area contributed by atoms with Crippen molar-refractivity contribution in [1.82, 2.24) is 24.8 Å². The molecule has 0 saturated carbocycles. The zero-order chi connectivity index (χ0) is 14.7. The summed E-state index contributed by atoms with van der Waals surface area (Å²) >= 11 is 0. The third kappa shape index (κ3) is 2.79. The van der Waals surface area contributed by atoms with E-state index in [0.717, 1.165) is 29.7 Å². The molecule has 0 bridgehead atoms. The Hall–Kier alpha value is -2.63. The van der Waals surface area contributed by atoms with Gasteiger partial charge in [0.25, 0.3) is 5.91 Å². The molecule has 3 aromatic rings. The molecule has 1 amide bonds. The molecule has 21 heavy (non-hydrogen) atoms. The van der Waals surface area contributed by atoms with E-state index in [1.54, 1.807) is 0 Å². The van der Waals surface area contributed by atoms with E-state index in [9.17, 15) is 4.79 Å². The van der Waals surface area contributed by atoms with Crippen LogP contribution in [0.3, 0.4) is 0 Å². The Labute approximate surface area is 122 Å². The monoisotopic (exact) mass is 283 g/mol. The number of amides is 1. The van der Waals surface area contributed by atoms with Crippen LogP contribution in [0.4, 0.5) is 0 Å². The molecule has 0 saturated heterocycles. The summed E-state index contributed by atoms with van der Waals surface area (Å²) in [5.41, 5.74) is 2.63. The third-order valence-corrected chi connectivity index (χ3v) is 3.49. The number of H-pyrrole nitrogens is 1. The van der Waals surface area contributed by atoms with Crippen LogP contribution in [-0.2, 0) is 13.5 Å². The normalized spacial score (nSPS) is 10.9. The number of para-hydroxylation sites is 2. The highest BCUT2D eigenvalue weighted by atomic mass is 16.1. The number of rotatable bonds is 5. The molecule has 1 aromatic carbocycles. The van der Waals surface area contributed by atoms with Crippen molar-refractivity contribution in [1.29, 1.82) is 0 Å². The Kier molecular flexibility index (Phi) is 3.68. The fourth-order valence-corrected chi connectivity index (χ4v) is 2.34. The second-order valence-corrected chi connectivity index (χ2v) is 4.90. The van der Waals surface area contributed by atoms with Crippen LogP contribution in [-0.4, -0.2) is 32.0 Å². The average Bonchev–Trinajstić information content (AvgIpc) is 3.13. The largest absolute Gasteiger partial charge is 0.351 e. The van der Waals surface area contributed by atoms with Crippen molar-refractivity contribution in [3.05, 3.63) is 48.3 Å². The summed E-state index contributed by atoms with van der Waals surface area (Å²) < 4.78 is 2.10. The zero-order valence-corrected chi connectivity index (χ0v) is 11.8. The number of imidazole rings is 2. The summed E-state index contributed by atoms with van der Waals surface area (Å²) in [6.07, 6.45) is 4.68. The fraction of sp³-hybridized carbons (Fsp3) is 0.267. The van der Waals surface area contributed by atoms with Crippen molar-refractivity contribution in [2.75, 3.05) is 6.54 Å². The molecule has 108 valence electrons. The first kappa shape index (κ1) is 13.4. The van der Waals surface area contributed by atoms with Crippen LogP contribution in [0.25, 0.3) is 11.0 Å². The second-order valence-electron chi connectivity index (χ2n) is 4.90. The maximum Gasteiger partial charge on any atom is 0.269 e. The van der Waals surface area contributed by atoms with Crippen LogP contribution in [0.2, 0.25) is 0 Å². The van der Waals surface area contributed by atoms with Gasteiger partial charge in [-0.3, -0.25) is 4.79 Å². The summed E-state index contributed by atoms with van der Waals surface area (Å²) in [6.45, 7) is 0.612. The Morgan fingerprint density at radius 3 is 3.00 bits per heavy atom. The Balaban J connectivity index is 1.55. The summed E-state index contributed by atoms with van der Waals surface area (Å²) in [6, 6.07) is 8.08. The molecule has 6 nitrogen and oxygen atoms in total. The maximum atomic E-state index is 11.7. The second kappa shape index (κ2) is 5.78. The molecule has 0 aliphatic rings. The van der Waals surface area contributed by atoms with E-state index in [1.165, 1.54) is 12.5 Å². The van der Waals surface area contributed by atoms with E-state index < -0.39 is 0 Å². The van der Waals surface area contributed by atoms with Crippen LogP contribution in [0.5, 0.6) is 0 Å². The molecular formula is C15H17N5O. The summed E-state index contributed by atoms with van der Waals surface area (Å²) in [7, 11) is 2.02. The van der Waals surface area contributed by atoms with Gasteiger partial charge >= 0.3 is 0 Å². The first-order valence-corrected chi connectivity index (χ1v) is 6.92. The lowest BCUT2D eigenvalue weighted by Crippen LogP contribution is -2.25. The lowest BCUT2D eigenvalue weighted by atomic mass is 10.3. The van der Waals surface area contributed by atoms with Gasteiger partial charge in [0.2, 0.25) is 0 Å². The summed E-state index contributed by atoms with van der Waals surface area (Å²) in [4.78, 5) is 22.9. The molecule has 0 unspecified atom stereocenters. The van der Waals surface area contributed by atoms with Crippen LogP contribution in [0.15, 0.2) is 36.8 Å². The summed E-state index contributed by atoms with van der Waals surface area (Å²) in [5, 5.41) is 2.86. The first-order chi connectivity index (χ1) is 10.3. The van der Waals surface area contributed by atoms with E-state index >= 15 is 0 Å². The quantitative estimate of drug-likeness (QED) is 0.699. The predicted octanol–water partition coefficient (Wildman–Crippen LogP) is 1.66. The first-order valence-electron chi connectivity index (χ1n) is 6.92. The Morgan fingerprint density at radius 2 is 2.24 bits per heavy atom. The Bertz CT molecular complexity index is 745. The highest BCUT2D eigenvalue weighted by Gasteiger charge is 2.08. The molecule has 3 rings (SSSR count). The summed E-state index contributed by atoms with van der Waals surface area (Å²) in [5.74, 6) is 0.907. The number of aryl methyl sites for hydroxylation is 2. The minimum Gasteiger partial charge on any atom is -0.351 e. The molecule has 0 aliphatic carbocycles. The highest BCUT2D eigenvalue weighted by molar-refractivity contribution is 5.91. The topological polar surface area (TPSA) is 75.6 Å². The van der Waals surface area contributed by atoms with Gasteiger partial charge < -0.3 is 14.9 Å². The van der Waals surface area contributed by atoms with Crippen molar-refractivity contribution in [2.45, 2.75) is 12.8 Å². The van der Waals surface area contributed by atoms with Crippen molar-refractivity contribution in [3.63, 3.8) is 0 Å². The van der Waals surface area contributed by atoms with Crippen molar-refractivity contribution in [2.24, 2.45) is 7.05 Å². The van der Waals surface area contributed by atoms with Crippen LogP contribution in [0.1, 0.15) is 22.7 Å². The van der Waals surface area contributed by atoms with E-state index in [4.69, 9.17) is 0 Å². The highest BCUT2D eigenvalue weighted by Crippen LogP contribution is 2.14. The molecule has 0 radical (unpaired) electrons. The average molecular weight is 283 g/mol. The van der Waals surface area contributed by atoms with Gasteiger partial charge in [-0.2, -0.15) is 0 Å². The van der Waals surface area contributed by atoms with Gasteiger partial charge in [0.15, 0.2) is 0 Å². The van der Waals surface area contributed by atoms with E-state index in [2.05, 4.69) is 30.9 Å². The molecule has 0 aliphatic heterocycles. The van der Waals surface area contributed by atoms with Crippen LogP contribution in [0, 0.1) is 0 Å². The number of nitrogens with zero attached hydrogens (tertiary/aromatic N) is 3. The van der Waals surface area contributed by atoms with Crippen molar-refractivity contribution in [3.8, 4) is 0 Å². The SMILES string of the molecule is Cn1c(CCCNC(=O)c2cnc[nH]2)nc2ccccc21. The van der Waals surface area contributed by atoms with Gasteiger partial charge in [0, 0.05) is 20.0 Å². The van der Waals surface area contributed by atoms with Gasteiger partial charge in [-0.05, 0) is 18.6 Å². The molecule has 0 atom stereocenters. The number of nitrogens with one attached hydrogen (secondary N) is 2. The molecule has 6 heteroatoms. The zero-order valence-electron chi connectivity index (χ0n) is 11.8. The molecule has 2 heterocycles. The lowest BCUT2D eigenvalue weighted by molar-refractivity contribution is 0.0948. The number of aromatic amines is 1. The number of fused-ring (bicyclic) bond motifs is 1. The lowest BCUT2D eigenvalue weighted by Gasteiger charge is -2.04. The number of hydrogen-bond donors (Lipinski definition) is 2. The van der Waals surface area contributed by atoms with Gasteiger partial charge in [0.05, 0.1) is 23.6 Å². The predicted molar refractivity (Wildman–Crippen MR) is 80.0 cm³/mol. The standard InChI is InChI=1S/C15H17N5O/c1-20-13-6-3-2-5-11(13)19-14(20)7-4-8-17-15(21)12-9-16-10-18-12/h2-3,5-6,9-10H,4,7-8H2,1H3,(H,16,18)(H,17,21). The molecule has 0 fully saturated rings. The van der Waals surface area contributed by atoms with Gasteiger partial charge in [0.1, 0.15) is 11.5 Å². The third-order valence-electron chi connectivity index (χ3n) is 3.49. The fourth-order valence-electron chi connectivity index (χ4n) is 2.34. The molecular weight excluding hydrogens is 266 g/mol. The number of benzene rings is 1. The number of carbonyl (C=O) groups excluding carboxylic acids is 1. The number of aromatic nitrogens is 4. The number of hydrogen-bond acceptors (Lipinski definition) is 3.